The quantitative estimate of drug-likeness (QED) is 0.0912. The first-order chi connectivity index (χ1) is 20.6. The Labute approximate surface area is 261 Å². The Kier molecular flexibility index (Phi) is 17.2. The highest BCUT2D eigenvalue weighted by Gasteiger charge is 2.45. The van der Waals surface area contributed by atoms with Crippen LogP contribution in [0.5, 0.6) is 0 Å². The zero-order chi connectivity index (χ0) is 31.6. The number of carbonyl (C=O) groups is 3. The van der Waals surface area contributed by atoms with Crippen LogP contribution in [0.3, 0.4) is 0 Å². The minimum Gasteiger partial charge on any atom is -0.463 e. The van der Waals surface area contributed by atoms with E-state index in [0.29, 0.717) is 13.0 Å². The maximum absolute atomic E-state index is 12.8. The molecule has 2 amide bonds. The number of likely N-dealkylation sites (tertiary alicyclic amines) is 1. The van der Waals surface area contributed by atoms with Gasteiger partial charge in [0, 0.05) is 24.9 Å². The monoisotopic (exact) mass is 604 g/mol. The Morgan fingerprint density at radius 3 is 2.30 bits per heavy atom. The second-order valence-electron chi connectivity index (χ2n) is 13.3. The van der Waals surface area contributed by atoms with Crippen LogP contribution in [0.2, 0.25) is 0 Å². The maximum Gasteiger partial charge on any atom is 0.307 e. The summed E-state index contributed by atoms with van der Waals surface area (Å²) in [6.45, 7) is 11.2. The van der Waals surface area contributed by atoms with Crippen molar-refractivity contribution in [2.75, 3.05) is 26.3 Å². The predicted octanol–water partition coefficient (Wildman–Crippen LogP) is 7.02. The van der Waals surface area contributed by atoms with Gasteiger partial charge in [0.15, 0.2) is 5.79 Å². The van der Waals surface area contributed by atoms with Crippen molar-refractivity contribution in [2.45, 2.75) is 149 Å². The van der Waals surface area contributed by atoms with Crippen LogP contribution in [0.4, 0.5) is 0 Å². The molecule has 8 heteroatoms. The Bertz CT molecular complexity index is 897. The molecule has 0 aromatic rings. The number of rotatable bonds is 20. The van der Waals surface area contributed by atoms with Crippen LogP contribution < -0.4 is 5.32 Å². The second kappa shape index (κ2) is 20.0. The fourth-order valence-corrected chi connectivity index (χ4v) is 5.53. The molecule has 0 spiro atoms. The van der Waals surface area contributed by atoms with E-state index in [9.17, 15) is 14.4 Å². The highest BCUT2D eigenvalue weighted by Crippen LogP contribution is 2.34. The summed E-state index contributed by atoms with van der Waals surface area (Å²) in [4.78, 5) is 39.8. The molecular weight excluding hydrogens is 544 g/mol. The number of unbranched alkanes of at least 4 members (excludes halogenated alkanes) is 8. The number of amides is 2. The van der Waals surface area contributed by atoms with E-state index in [1.807, 2.05) is 18.7 Å². The van der Waals surface area contributed by atoms with Crippen molar-refractivity contribution in [3.63, 3.8) is 0 Å². The van der Waals surface area contributed by atoms with Crippen LogP contribution in [-0.2, 0) is 28.6 Å². The van der Waals surface area contributed by atoms with Crippen molar-refractivity contribution in [3.8, 4) is 0 Å². The maximum atomic E-state index is 12.8. The normalized spacial score (nSPS) is 21.5. The molecule has 2 rings (SSSR count). The van der Waals surface area contributed by atoms with Crippen molar-refractivity contribution in [3.05, 3.63) is 24.3 Å². The highest BCUT2D eigenvalue weighted by molar-refractivity contribution is 5.82. The number of carbonyl (C=O) groups excluding carboxylic acids is 3. The van der Waals surface area contributed by atoms with Crippen LogP contribution in [0.25, 0.3) is 0 Å². The van der Waals surface area contributed by atoms with Crippen LogP contribution in [0, 0.1) is 5.41 Å². The first-order valence-electron chi connectivity index (χ1n) is 16.9. The van der Waals surface area contributed by atoms with Gasteiger partial charge in [0.25, 0.3) is 0 Å². The van der Waals surface area contributed by atoms with E-state index in [-0.39, 0.29) is 43.4 Å². The Morgan fingerprint density at radius 1 is 0.907 bits per heavy atom. The van der Waals surface area contributed by atoms with E-state index >= 15 is 0 Å². The van der Waals surface area contributed by atoms with Gasteiger partial charge in [0.2, 0.25) is 11.8 Å². The Hall–Kier alpha value is -2.19. The molecule has 2 aliphatic rings. The van der Waals surface area contributed by atoms with Gasteiger partial charge in [-0.25, -0.2) is 0 Å². The van der Waals surface area contributed by atoms with E-state index in [0.717, 1.165) is 51.5 Å². The molecule has 0 bridgehead atoms. The van der Waals surface area contributed by atoms with Gasteiger partial charge in [0.1, 0.15) is 12.7 Å². The number of nitrogens with one attached hydrogen (secondary N) is 1. The summed E-state index contributed by atoms with van der Waals surface area (Å²) < 4.78 is 17.0. The van der Waals surface area contributed by atoms with Gasteiger partial charge in [-0.2, -0.15) is 0 Å². The number of hydrogen-bond donors (Lipinski definition) is 1. The van der Waals surface area contributed by atoms with Crippen LogP contribution in [0.1, 0.15) is 131 Å². The minimum absolute atomic E-state index is 0.0531. The number of ether oxygens (including phenoxy) is 3. The molecule has 2 fully saturated rings. The Balaban J connectivity index is 1.53. The third kappa shape index (κ3) is 14.9. The molecule has 2 atom stereocenters. The molecule has 0 aliphatic carbocycles. The molecule has 8 nitrogen and oxygen atoms in total. The van der Waals surface area contributed by atoms with Gasteiger partial charge >= 0.3 is 5.97 Å². The lowest BCUT2D eigenvalue weighted by atomic mass is 9.85. The predicted molar refractivity (Wildman–Crippen MR) is 171 cm³/mol. The van der Waals surface area contributed by atoms with Crippen molar-refractivity contribution >= 4 is 17.8 Å². The average molecular weight is 605 g/mol. The number of nitrogens with zero attached hydrogens (tertiary/aromatic N) is 1. The van der Waals surface area contributed by atoms with Crippen LogP contribution in [-0.4, -0.2) is 66.9 Å². The summed E-state index contributed by atoms with van der Waals surface area (Å²) in [5.41, 5.74) is -0.471. The molecule has 246 valence electrons. The molecular formula is C35H60N2O6. The van der Waals surface area contributed by atoms with Gasteiger partial charge in [-0.05, 0) is 65.2 Å². The lowest BCUT2D eigenvalue weighted by Gasteiger charge is -2.44. The molecule has 0 aromatic carbocycles. The van der Waals surface area contributed by atoms with E-state index < -0.39 is 17.3 Å². The van der Waals surface area contributed by atoms with Gasteiger partial charge in [-0.3, -0.25) is 14.4 Å². The Morgan fingerprint density at radius 2 is 1.58 bits per heavy atom. The molecule has 2 saturated heterocycles. The van der Waals surface area contributed by atoms with E-state index in [1.165, 1.54) is 38.5 Å². The highest BCUT2D eigenvalue weighted by atomic mass is 16.7. The zero-order valence-electron chi connectivity index (χ0n) is 27.8. The van der Waals surface area contributed by atoms with Crippen LogP contribution >= 0.6 is 0 Å². The summed E-state index contributed by atoms with van der Waals surface area (Å²) in [5.74, 6) is -1.29. The number of esters is 1. The van der Waals surface area contributed by atoms with Gasteiger partial charge in [0.05, 0.1) is 19.1 Å². The summed E-state index contributed by atoms with van der Waals surface area (Å²) >= 11 is 0. The lowest BCUT2D eigenvalue weighted by molar-refractivity contribution is -0.304. The molecule has 0 radical (unpaired) electrons. The molecule has 2 heterocycles. The summed E-state index contributed by atoms with van der Waals surface area (Å²) in [6.07, 6.45) is 23.7. The number of hydrogen-bond acceptors (Lipinski definition) is 6. The van der Waals surface area contributed by atoms with Crippen molar-refractivity contribution in [1.82, 2.24) is 10.2 Å². The lowest BCUT2D eigenvalue weighted by Crippen LogP contribution is -2.56. The van der Waals surface area contributed by atoms with Crippen LogP contribution in [0.15, 0.2) is 24.3 Å². The third-order valence-electron chi connectivity index (χ3n) is 8.25. The zero-order valence-corrected chi connectivity index (χ0v) is 27.8. The first kappa shape index (κ1) is 37.0. The van der Waals surface area contributed by atoms with E-state index in [1.54, 1.807) is 13.8 Å². The molecule has 43 heavy (non-hydrogen) atoms. The topological polar surface area (TPSA) is 94.2 Å². The fraction of sp³-hybridized carbons (Fsp3) is 0.800. The molecule has 1 unspecified atom stereocenters. The molecule has 1 N–H and O–H groups in total. The van der Waals surface area contributed by atoms with Crippen molar-refractivity contribution < 1.29 is 28.6 Å². The van der Waals surface area contributed by atoms with E-state index in [2.05, 4.69) is 36.5 Å². The van der Waals surface area contributed by atoms with Crippen molar-refractivity contribution in [2.24, 2.45) is 5.41 Å². The van der Waals surface area contributed by atoms with Gasteiger partial charge in [-0.1, -0.05) is 77.2 Å². The fourth-order valence-electron chi connectivity index (χ4n) is 5.53. The summed E-state index contributed by atoms with van der Waals surface area (Å²) in [7, 11) is 0. The third-order valence-corrected chi connectivity index (χ3v) is 8.25. The largest absolute Gasteiger partial charge is 0.463 e. The van der Waals surface area contributed by atoms with Gasteiger partial charge < -0.3 is 24.4 Å². The summed E-state index contributed by atoms with van der Waals surface area (Å²) in [6, 6.07) is -0.0531. The minimum atomic E-state index is -0.830. The van der Waals surface area contributed by atoms with Gasteiger partial charge in [-0.15, -0.1) is 0 Å². The molecule has 2 aliphatic heterocycles. The SMILES string of the molecule is CCCCC/C=C\C/C=C\CCCCCCCC(=O)N1CCC[C@H]1COC(=O)CCNC(=O)C1OC(C)(C)OCC1(C)C. The van der Waals surface area contributed by atoms with Crippen molar-refractivity contribution in [1.29, 1.82) is 0 Å². The molecule has 0 aromatic heterocycles. The standard InChI is InChI=1S/C35H60N2O6/c1-6-7-8-9-10-11-12-13-14-15-16-17-18-19-20-23-30(38)37-26-21-22-29(37)27-41-31(39)24-25-36-33(40)32-34(2,3)28-42-35(4,5)43-32/h10-11,13-14,29,32H,6-9,12,15-28H2,1-5H3,(H,36,40)/b11-10-,14-13-/t29-,32?/m0/s1. The number of allylic oxidation sites excluding steroid dienone is 4. The first-order valence-corrected chi connectivity index (χ1v) is 16.9. The molecule has 0 saturated carbocycles. The second-order valence-corrected chi connectivity index (χ2v) is 13.3. The average Bonchev–Trinajstić information content (AvgIpc) is 3.44. The smallest absolute Gasteiger partial charge is 0.307 e. The summed E-state index contributed by atoms with van der Waals surface area (Å²) in [5, 5.41) is 2.80. The van der Waals surface area contributed by atoms with E-state index in [4.69, 9.17) is 14.2 Å².